The first kappa shape index (κ1) is 9.28. The van der Waals surface area contributed by atoms with Crippen LogP contribution >= 0.6 is 23.1 Å². The summed E-state index contributed by atoms with van der Waals surface area (Å²) in [5.41, 5.74) is 1.38. The second kappa shape index (κ2) is 3.84. The van der Waals surface area contributed by atoms with E-state index in [4.69, 9.17) is 0 Å². The molecule has 0 bridgehead atoms. The minimum absolute atomic E-state index is 0.226. The first-order valence-electron chi connectivity index (χ1n) is 4.45. The summed E-state index contributed by atoms with van der Waals surface area (Å²) in [7, 11) is 0. The lowest BCUT2D eigenvalue weighted by Crippen LogP contribution is -2.05. The standard InChI is InChI=1S/C10H12OS2/c1-7-10(11)5-9(13-7)4-8-2-3-12-6-8/h2-3,6-7,9H,4-5H2,1H3. The Kier molecular flexibility index (Phi) is 2.74. The van der Waals surface area contributed by atoms with Gasteiger partial charge in [-0.25, -0.2) is 0 Å². The van der Waals surface area contributed by atoms with Gasteiger partial charge in [-0.3, -0.25) is 4.79 Å². The van der Waals surface area contributed by atoms with Gasteiger partial charge in [0, 0.05) is 11.7 Å². The fourth-order valence-corrected chi connectivity index (χ4v) is 3.65. The van der Waals surface area contributed by atoms with E-state index in [0.717, 1.165) is 12.8 Å². The number of thioether (sulfide) groups is 1. The van der Waals surface area contributed by atoms with Crippen LogP contribution in [0.15, 0.2) is 16.8 Å². The summed E-state index contributed by atoms with van der Waals surface area (Å²) < 4.78 is 0. The first-order chi connectivity index (χ1) is 6.25. The molecule has 0 amide bonds. The van der Waals surface area contributed by atoms with E-state index >= 15 is 0 Å². The molecule has 1 nitrogen and oxygen atoms in total. The number of thiophene rings is 1. The van der Waals surface area contributed by atoms with Gasteiger partial charge in [0.2, 0.25) is 0 Å². The predicted molar refractivity (Wildman–Crippen MR) is 58.5 cm³/mol. The lowest BCUT2D eigenvalue weighted by Gasteiger charge is -2.05. The number of carbonyl (C=O) groups excluding carboxylic acids is 1. The van der Waals surface area contributed by atoms with Gasteiger partial charge in [-0.15, -0.1) is 11.8 Å². The zero-order valence-electron chi connectivity index (χ0n) is 7.53. The number of hydrogen-bond donors (Lipinski definition) is 0. The molecule has 0 radical (unpaired) electrons. The fraction of sp³-hybridized carbons (Fsp3) is 0.500. The maximum atomic E-state index is 11.3. The summed E-state index contributed by atoms with van der Waals surface area (Å²) in [5, 5.41) is 5.02. The molecule has 2 atom stereocenters. The quantitative estimate of drug-likeness (QED) is 0.750. The van der Waals surface area contributed by atoms with E-state index in [1.807, 2.05) is 18.7 Å². The Morgan fingerprint density at radius 1 is 1.62 bits per heavy atom. The molecule has 1 aromatic heterocycles. The van der Waals surface area contributed by atoms with Gasteiger partial charge >= 0.3 is 0 Å². The van der Waals surface area contributed by atoms with Crippen molar-refractivity contribution in [2.45, 2.75) is 30.3 Å². The zero-order valence-corrected chi connectivity index (χ0v) is 9.16. The van der Waals surface area contributed by atoms with Crippen LogP contribution < -0.4 is 0 Å². The lowest BCUT2D eigenvalue weighted by atomic mass is 10.1. The van der Waals surface area contributed by atoms with Gasteiger partial charge in [-0.05, 0) is 35.7 Å². The highest BCUT2D eigenvalue weighted by Crippen LogP contribution is 2.33. The van der Waals surface area contributed by atoms with Crippen LogP contribution in [0.1, 0.15) is 18.9 Å². The van der Waals surface area contributed by atoms with Crippen molar-refractivity contribution in [3.05, 3.63) is 22.4 Å². The van der Waals surface area contributed by atoms with Crippen molar-refractivity contribution in [1.82, 2.24) is 0 Å². The predicted octanol–water partition coefficient (Wildman–Crippen LogP) is 2.75. The highest BCUT2D eigenvalue weighted by Gasteiger charge is 2.29. The number of rotatable bonds is 2. The van der Waals surface area contributed by atoms with Crippen LogP contribution in [0.3, 0.4) is 0 Å². The van der Waals surface area contributed by atoms with E-state index in [-0.39, 0.29) is 5.25 Å². The van der Waals surface area contributed by atoms with E-state index in [2.05, 4.69) is 16.8 Å². The second-order valence-electron chi connectivity index (χ2n) is 3.41. The van der Waals surface area contributed by atoms with Gasteiger partial charge in [-0.1, -0.05) is 0 Å². The summed E-state index contributed by atoms with van der Waals surface area (Å²) in [6.45, 7) is 2.01. The van der Waals surface area contributed by atoms with E-state index in [9.17, 15) is 4.79 Å². The van der Waals surface area contributed by atoms with Gasteiger partial charge in [-0.2, -0.15) is 11.3 Å². The zero-order chi connectivity index (χ0) is 9.26. The van der Waals surface area contributed by atoms with Gasteiger partial charge in [0.25, 0.3) is 0 Å². The van der Waals surface area contributed by atoms with Gasteiger partial charge in [0.05, 0.1) is 5.25 Å². The molecule has 0 saturated carbocycles. The molecule has 1 aromatic rings. The Bertz CT molecular complexity index is 292. The van der Waals surface area contributed by atoms with Crippen molar-refractivity contribution in [3.63, 3.8) is 0 Å². The summed E-state index contributed by atoms with van der Waals surface area (Å²) in [5.74, 6) is 0.422. The number of carbonyl (C=O) groups is 1. The maximum absolute atomic E-state index is 11.3. The topological polar surface area (TPSA) is 17.1 Å². The van der Waals surface area contributed by atoms with Gasteiger partial charge in [0.15, 0.2) is 0 Å². The molecule has 0 aliphatic carbocycles. The molecule has 1 fully saturated rings. The average molecular weight is 212 g/mol. The molecule has 2 rings (SSSR count). The third kappa shape index (κ3) is 2.15. The Labute approximate surface area is 86.5 Å². The summed E-state index contributed by atoms with van der Waals surface area (Å²) in [6, 6.07) is 2.15. The Hall–Kier alpha value is -0.280. The number of Topliss-reactive ketones (excluding diaryl/α,β-unsaturated/α-hetero) is 1. The first-order valence-corrected chi connectivity index (χ1v) is 6.33. The molecule has 3 heteroatoms. The van der Waals surface area contributed by atoms with Crippen LogP contribution in [0.4, 0.5) is 0 Å². The normalized spacial score (nSPS) is 28.2. The van der Waals surface area contributed by atoms with E-state index in [1.165, 1.54) is 5.56 Å². The Balaban J connectivity index is 1.94. The van der Waals surface area contributed by atoms with Crippen molar-refractivity contribution >= 4 is 28.9 Å². The summed E-state index contributed by atoms with van der Waals surface area (Å²) >= 11 is 3.56. The van der Waals surface area contributed by atoms with Gasteiger partial charge in [0.1, 0.15) is 5.78 Å². The lowest BCUT2D eigenvalue weighted by molar-refractivity contribution is -0.117. The molecule has 0 N–H and O–H groups in total. The third-order valence-corrected chi connectivity index (χ3v) is 4.44. The van der Waals surface area contributed by atoms with E-state index < -0.39 is 0 Å². The molecule has 2 unspecified atom stereocenters. The molecule has 70 valence electrons. The summed E-state index contributed by atoms with van der Waals surface area (Å²) in [6.07, 6.45) is 1.83. The largest absolute Gasteiger partial charge is 0.298 e. The summed E-state index contributed by atoms with van der Waals surface area (Å²) in [4.78, 5) is 11.3. The molecule has 0 spiro atoms. The molecular formula is C10H12OS2. The number of ketones is 1. The second-order valence-corrected chi connectivity index (χ2v) is 5.83. The van der Waals surface area contributed by atoms with Crippen molar-refractivity contribution in [2.24, 2.45) is 0 Å². The minimum atomic E-state index is 0.226. The van der Waals surface area contributed by atoms with E-state index in [0.29, 0.717) is 11.0 Å². The fourth-order valence-electron chi connectivity index (χ4n) is 1.60. The molecule has 1 saturated heterocycles. The molecule has 13 heavy (non-hydrogen) atoms. The highest BCUT2D eigenvalue weighted by atomic mass is 32.2. The van der Waals surface area contributed by atoms with Crippen molar-refractivity contribution in [2.75, 3.05) is 0 Å². The monoisotopic (exact) mass is 212 g/mol. The van der Waals surface area contributed by atoms with Crippen molar-refractivity contribution in [1.29, 1.82) is 0 Å². The molecule has 2 heterocycles. The SMILES string of the molecule is CC1SC(Cc2ccsc2)CC1=O. The smallest absolute Gasteiger partial charge is 0.146 e. The molecule has 0 aromatic carbocycles. The molecule has 1 aliphatic rings. The van der Waals surface area contributed by atoms with Crippen LogP contribution in [0.5, 0.6) is 0 Å². The van der Waals surface area contributed by atoms with Crippen LogP contribution in [0.2, 0.25) is 0 Å². The number of hydrogen-bond acceptors (Lipinski definition) is 3. The van der Waals surface area contributed by atoms with Gasteiger partial charge < -0.3 is 0 Å². The highest BCUT2D eigenvalue weighted by molar-refractivity contribution is 8.01. The van der Waals surface area contributed by atoms with Crippen LogP contribution in [-0.4, -0.2) is 16.3 Å². The minimum Gasteiger partial charge on any atom is -0.298 e. The Morgan fingerprint density at radius 3 is 3.00 bits per heavy atom. The van der Waals surface area contributed by atoms with Crippen molar-refractivity contribution < 1.29 is 4.79 Å². The van der Waals surface area contributed by atoms with Crippen molar-refractivity contribution in [3.8, 4) is 0 Å². The third-order valence-electron chi connectivity index (χ3n) is 2.32. The Morgan fingerprint density at radius 2 is 2.46 bits per heavy atom. The average Bonchev–Trinajstić information content (AvgIpc) is 2.64. The maximum Gasteiger partial charge on any atom is 0.146 e. The molecule has 1 aliphatic heterocycles. The van der Waals surface area contributed by atoms with Crippen LogP contribution in [0, 0.1) is 0 Å². The van der Waals surface area contributed by atoms with Crippen LogP contribution in [-0.2, 0) is 11.2 Å². The van der Waals surface area contributed by atoms with Crippen LogP contribution in [0.25, 0.3) is 0 Å². The molecular weight excluding hydrogens is 200 g/mol. The van der Waals surface area contributed by atoms with E-state index in [1.54, 1.807) is 11.3 Å².